The number of rotatable bonds is 4. The lowest BCUT2D eigenvalue weighted by Crippen LogP contribution is -2.06. The predicted molar refractivity (Wildman–Crippen MR) is 78.5 cm³/mol. The molecule has 0 radical (unpaired) electrons. The Morgan fingerprint density at radius 1 is 1.30 bits per heavy atom. The highest BCUT2D eigenvalue weighted by molar-refractivity contribution is 5.69. The van der Waals surface area contributed by atoms with Crippen LogP contribution >= 0.6 is 0 Å². The SMILES string of the molecule is COc1ccccc1-c1nc(C(C#N)C(C)C)[nH]c1C. The maximum absolute atomic E-state index is 9.29. The molecule has 2 rings (SSSR count). The molecule has 1 heterocycles. The van der Waals surface area contributed by atoms with Crippen molar-refractivity contribution in [2.45, 2.75) is 26.7 Å². The summed E-state index contributed by atoms with van der Waals surface area (Å²) in [6.45, 7) is 6.01. The van der Waals surface area contributed by atoms with Gasteiger partial charge in [0.1, 0.15) is 17.5 Å². The molecule has 1 N–H and O–H groups in total. The molecule has 0 spiro atoms. The first-order valence-electron chi connectivity index (χ1n) is 6.68. The van der Waals surface area contributed by atoms with E-state index < -0.39 is 0 Å². The Hall–Kier alpha value is -2.28. The molecular weight excluding hydrogens is 250 g/mol. The van der Waals surface area contributed by atoms with Gasteiger partial charge in [-0.05, 0) is 25.0 Å². The van der Waals surface area contributed by atoms with Crippen LogP contribution in [0.25, 0.3) is 11.3 Å². The molecule has 0 aliphatic heterocycles. The highest BCUT2D eigenvalue weighted by Gasteiger charge is 2.21. The molecule has 0 fully saturated rings. The largest absolute Gasteiger partial charge is 0.496 e. The van der Waals surface area contributed by atoms with E-state index in [9.17, 15) is 5.26 Å². The number of nitrogens with one attached hydrogen (secondary N) is 1. The van der Waals surface area contributed by atoms with Crippen molar-refractivity contribution in [1.29, 1.82) is 5.26 Å². The number of benzene rings is 1. The Labute approximate surface area is 119 Å². The van der Waals surface area contributed by atoms with Crippen LogP contribution in [0.1, 0.15) is 31.3 Å². The lowest BCUT2D eigenvalue weighted by atomic mass is 9.97. The minimum atomic E-state index is -0.225. The van der Waals surface area contributed by atoms with Crippen LogP contribution in [-0.4, -0.2) is 17.1 Å². The molecule has 1 aromatic carbocycles. The molecule has 0 bridgehead atoms. The Morgan fingerprint density at radius 3 is 2.60 bits per heavy atom. The number of aryl methyl sites for hydroxylation is 1. The Kier molecular flexibility index (Phi) is 4.09. The Balaban J connectivity index is 2.50. The summed E-state index contributed by atoms with van der Waals surface area (Å²) in [7, 11) is 1.65. The number of aromatic nitrogens is 2. The zero-order valence-corrected chi connectivity index (χ0v) is 12.3. The van der Waals surface area contributed by atoms with Crippen molar-refractivity contribution in [2.24, 2.45) is 5.92 Å². The number of hydrogen-bond acceptors (Lipinski definition) is 3. The van der Waals surface area contributed by atoms with E-state index >= 15 is 0 Å². The second kappa shape index (κ2) is 5.79. The zero-order valence-electron chi connectivity index (χ0n) is 12.3. The summed E-state index contributed by atoms with van der Waals surface area (Å²) in [5.41, 5.74) is 2.74. The summed E-state index contributed by atoms with van der Waals surface area (Å²) in [5.74, 6) is 1.50. The molecule has 2 aromatic rings. The van der Waals surface area contributed by atoms with Gasteiger partial charge in [0.2, 0.25) is 0 Å². The number of hydrogen-bond donors (Lipinski definition) is 1. The maximum atomic E-state index is 9.29. The van der Waals surface area contributed by atoms with Crippen molar-refractivity contribution in [2.75, 3.05) is 7.11 Å². The number of aromatic amines is 1. The number of nitriles is 1. The number of methoxy groups -OCH3 is 1. The van der Waals surface area contributed by atoms with Gasteiger partial charge in [-0.1, -0.05) is 26.0 Å². The average molecular weight is 269 g/mol. The normalized spacial score (nSPS) is 12.2. The summed E-state index contributed by atoms with van der Waals surface area (Å²) in [6.07, 6.45) is 0. The third-order valence-electron chi connectivity index (χ3n) is 3.37. The topological polar surface area (TPSA) is 61.7 Å². The van der Waals surface area contributed by atoms with Crippen molar-refractivity contribution < 1.29 is 4.74 Å². The van der Waals surface area contributed by atoms with E-state index in [1.807, 2.05) is 45.0 Å². The van der Waals surface area contributed by atoms with Crippen molar-refractivity contribution >= 4 is 0 Å². The van der Waals surface area contributed by atoms with Gasteiger partial charge in [0, 0.05) is 11.3 Å². The molecule has 1 aromatic heterocycles. The highest BCUT2D eigenvalue weighted by Crippen LogP contribution is 2.32. The number of ether oxygens (including phenoxy) is 1. The van der Waals surface area contributed by atoms with Gasteiger partial charge in [0.15, 0.2) is 0 Å². The van der Waals surface area contributed by atoms with Crippen LogP contribution in [0, 0.1) is 24.2 Å². The van der Waals surface area contributed by atoms with E-state index in [0.717, 1.165) is 28.5 Å². The smallest absolute Gasteiger partial charge is 0.128 e. The number of imidazole rings is 1. The summed E-state index contributed by atoms with van der Waals surface area (Å²) >= 11 is 0. The van der Waals surface area contributed by atoms with Gasteiger partial charge in [-0.15, -0.1) is 0 Å². The zero-order chi connectivity index (χ0) is 14.7. The molecule has 104 valence electrons. The van der Waals surface area contributed by atoms with Crippen LogP contribution < -0.4 is 4.74 Å². The number of nitrogens with zero attached hydrogens (tertiary/aromatic N) is 2. The lowest BCUT2D eigenvalue weighted by molar-refractivity contribution is 0.416. The van der Waals surface area contributed by atoms with Crippen LogP contribution in [0.15, 0.2) is 24.3 Å². The van der Waals surface area contributed by atoms with Crippen LogP contribution in [0.4, 0.5) is 0 Å². The molecule has 0 saturated heterocycles. The quantitative estimate of drug-likeness (QED) is 0.921. The molecule has 4 heteroatoms. The molecular formula is C16H19N3O. The standard InChI is InChI=1S/C16H19N3O/c1-10(2)13(9-17)16-18-11(3)15(19-16)12-7-5-6-8-14(12)20-4/h5-8,10,13H,1-4H3,(H,18,19). The van der Waals surface area contributed by atoms with Gasteiger partial charge in [0.25, 0.3) is 0 Å². The van der Waals surface area contributed by atoms with Gasteiger partial charge in [-0.25, -0.2) is 4.98 Å². The van der Waals surface area contributed by atoms with E-state index in [4.69, 9.17) is 4.74 Å². The summed E-state index contributed by atoms with van der Waals surface area (Å²) in [5, 5.41) is 9.29. The van der Waals surface area contributed by atoms with Gasteiger partial charge >= 0.3 is 0 Å². The first-order valence-corrected chi connectivity index (χ1v) is 6.68. The summed E-state index contributed by atoms with van der Waals surface area (Å²) in [6, 6.07) is 10.1. The molecule has 20 heavy (non-hydrogen) atoms. The minimum absolute atomic E-state index is 0.219. The van der Waals surface area contributed by atoms with Crippen molar-refractivity contribution in [3.8, 4) is 23.1 Å². The van der Waals surface area contributed by atoms with E-state index in [1.54, 1.807) is 7.11 Å². The van der Waals surface area contributed by atoms with Gasteiger partial charge in [-0.3, -0.25) is 0 Å². The van der Waals surface area contributed by atoms with Gasteiger partial charge in [0.05, 0.1) is 18.9 Å². The maximum Gasteiger partial charge on any atom is 0.128 e. The van der Waals surface area contributed by atoms with E-state index in [2.05, 4.69) is 16.0 Å². The van der Waals surface area contributed by atoms with Crippen LogP contribution in [0.2, 0.25) is 0 Å². The van der Waals surface area contributed by atoms with Gasteiger partial charge in [-0.2, -0.15) is 5.26 Å². The third kappa shape index (κ3) is 2.53. The highest BCUT2D eigenvalue weighted by atomic mass is 16.5. The first kappa shape index (κ1) is 14.1. The van der Waals surface area contributed by atoms with Crippen LogP contribution in [0.3, 0.4) is 0 Å². The van der Waals surface area contributed by atoms with Crippen LogP contribution in [-0.2, 0) is 0 Å². The number of para-hydroxylation sites is 1. The predicted octanol–water partition coefficient (Wildman–Crippen LogP) is 3.66. The van der Waals surface area contributed by atoms with Crippen LogP contribution in [0.5, 0.6) is 5.75 Å². The monoisotopic (exact) mass is 269 g/mol. The van der Waals surface area contributed by atoms with E-state index in [1.165, 1.54) is 0 Å². The van der Waals surface area contributed by atoms with Crippen molar-refractivity contribution in [3.05, 3.63) is 35.8 Å². The third-order valence-corrected chi connectivity index (χ3v) is 3.37. The van der Waals surface area contributed by atoms with Gasteiger partial charge < -0.3 is 9.72 Å². The lowest BCUT2D eigenvalue weighted by Gasteiger charge is -2.09. The van der Waals surface area contributed by atoms with E-state index in [-0.39, 0.29) is 11.8 Å². The molecule has 1 atom stereocenters. The minimum Gasteiger partial charge on any atom is -0.496 e. The molecule has 0 amide bonds. The Bertz CT molecular complexity index is 637. The van der Waals surface area contributed by atoms with E-state index in [0.29, 0.717) is 0 Å². The fraction of sp³-hybridized carbons (Fsp3) is 0.375. The molecule has 0 aliphatic carbocycles. The summed E-state index contributed by atoms with van der Waals surface area (Å²) < 4.78 is 5.38. The van der Waals surface area contributed by atoms with Crippen molar-refractivity contribution in [3.63, 3.8) is 0 Å². The molecule has 0 aliphatic rings. The fourth-order valence-corrected chi connectivity index (χ4v) is 2.26. The second-order valence-corrected chi connectivity index (χ2v) is 5.15. The number of H-pyrrole nitrogens is 1. The molecule has 0 saturated carbocycles. The van der Waals surface area contributed by atoms with Crippen molar-refractivity contribution in [1.82, 2.24) is 9.97 Å². The molecule has 4 nitrogen and oxygen atoms in total. The second-order valence-electron chi connectivity index (χ2n) is 5.15. The molecule has 1 unspecified atom stereocenters. The summed E-state index contributed by atoms with van der Waals surface area (Å²) in [4.78, 5) is 7.86. The first-order chi connectivity index (χ1) is 9.58. The average Bonchev–Trinajstić information content (AvgIpc) is 2.80. The fourth-order valence-electron chi connectivity index (χ4n) is 2.26. The Morgan fingerprint density at radius 2 is 2.00 bits per heavy atom.